The largest absolute Gasteiger partial charge is 0.506 e. The first-order valence-electron chi connectivity index (χ1n) is 8.52. The SMILES string of the molecule is C[NH+](C/C(O)=C(\C#N)c1nc2ccccc2[nH]1)Cc1ccc(C(F)(F)F)cc1. The fraction of sp³-hybridized carbons (Fsp3) is 0.200. The molecular formula is C20H18F3N4O+. The molecule has 1 aromatic heterocycles. The lowest BCUT2D eigenvalue weighted by Crippen LogP contribution is -3.07. The first-order chi connectivity index (χ1) is 13.3. The average Bonchev–Trinajstić information content (AvgIpc) is 3.05. The molecule has 144 valence electrons. The van der Waals surface area contributed by atoms with Crippen LogP contribution in [0.15, 0.2) is 54.3 Å². The molecule has 0 aliphatic heterocycles. The van der Waals surface area contributed by atoms with Crippen LogP contribution >= 0.6 is 0 Å². The molecule has 0 radical (unpaired) electrons. The molecule has 1 atom stereocenters. The van der Waals surface area contributed by atoms with Crippen LogP contribution in [0.3, 0.4) is 0 Å². The van der Waals surface area contributed by atoms with Gasteiger partial charge in [0.15, 0.2) is 11.6 Å². The molecule has 3 rings (SSSR count). The minimum Gasteiger partial charge on any atom is -0.506 e. The maximum Gasteiger partial charge on any atom is 0.416 e. The number of alkyl halides is 3. The number of nitrogens with one attached hydrogen (secondary N) is 2. The summed E-state index contributed by atoms with van der Waals surface area (Å²) < 4.78 is 37.9. The van der Waals surface area contributed by atoms with Crippen molar-refractivity contribution < 1.29 is 23.2 Å². The van der Waals surface area contributed by atoms with Crippen LogP contribution in [0.4, 0.5) is 13.2 Å². The second-order valence-electron chi connectivity index (χ2n) is 6.54. The molecule has 1 heterocycles. The van der Waals surface area contributed by atoms with Crippen LogP contribution in [0.1, 0.15) is 17.0 Å². The molecule has 0 saturated carbocycles. The molecule has 0 saturated heterocycles. The van der Waals surface area contributed by atoms with Crippen molar-refractivity contribution in [3.63, 3.8) is 0 Å². The topological polar surface area (TPSA) is 77.1 Å². The van der Waals surface area contributed by atoms with E-state index < -0.39 is 11.7 Å². The van der Waals surface area contributed by atoms with Crippen molar-refractivity contribution in [3.05, 3.63) is 71.2 Å². The number of aliphatic hydroxyl groups excluding tert-OH is 1. The Kier molecular flexibility index (Phi) is 5.38. The van der Waals surface area contributed by atoms with Crippen LogP contribution in [0, 0.1) is 11.3 Å². The maximum atomic E-state index is 12.6. The summed E-state index contributed by atoms with van der Waals surface area (Å²) in [5.74, 6) is 0.148. The highest BCUT2D eigenvalue weighted by atomic mass is 19.4. The number of likely N-dealkylation sites (N-methyl/N-ethyl adjacent to an activating group) is 1. The summed E-state index contributed by atoms with van der Waals surface area (Å²) in [6.07, 6.45) is -4.37. The van der Waals surface area contributed by atoms with Crippen LogP contribution in [0.25, 0.3) is 16.6 Å². The molecule has 28 heavy (non-hydrogen) atoms. The molecule has 0 spiro atoms. The molecule has 5 nitrogen and oxygen atoms in total. The summed E-state index contributed by atoms with van der Waals surface area (Å²) in [4.78, 5) is 8.13. The van der Waals surface area contributed by atoms with Crippen LogP contribution < -0.4 is 4.90 Å². The number of nitriles is 1. The van der Waals surface area contributed by atoms with E-state index in [0.717, 1.165) is 22.5 Å². The zero-order chi connectivity index (χ0) is 20.3. The maximum absolute atomic E-state index is 12.6. The second kappa shape index (κ2) is 7.74. The molecule has 0 aliphatic rings. The smallest absolute Gasteiger partial charge is 0.416 e. The molecule has 3 aromatic rings. The van der Waals surface area contributed by atoms with Gasteiger partial charge in [-0.1, -0.05) is 24.3 Å². The second-order valence-corrected chi connectivity index (χ2v) is 6.54. The van der Waals surface area contributed by atoms with Crippen molar-refractivity contribution in [2.24, 2.45) is 0 Å². The molecule has 3 N–H and O–H groups in total. The van der Waals surface area contributed by atoms with Gasteiger partial charge in [0, 0.05) is 5.56 Å². The number of rotatable bonds is 5. The Morgan fingerprint density at radius 2 is 1.86 bits per heavy atom. The van der Waals surface area contributed by atoms with Crippen molar-refractivity contribution in [2.75, 3.05) is 13.6 Å². The number of benzene rings is 2. The van der Waals surface area contributed by atoms with Crippen molar-refractivity contribution in [2.45, 2.75) is 12.7 Å². The number of aromatic nitrogens is 2. The molecule has 0 fully saturated rings. The number of para-hydroxylation sites is 2. The number of quaternary nitrogens is 1. The Morgan fingerprint density at radius 1 is 1.18 bits per heavy atom. The van der Waals surface area contributed by atoms with Gasteiger partial charge in [-0.2, -0.15) is 18.4 Å². The van der Waals surface area contributed by atoms with Crippen molar-refractivity contribution >= 4 is 16.6 Å². The van der Waals surface area contributed by atoms with Gasteiger partial charge >= 0.3 is 6.18 Å². The average molecular weight is 387 g/mol. The molecule has 2 aromatic carbocycles. The van der Waals surface area contributed by atoms with Crippen molar-refractivity contribution in [3.8, 4) is 6.07 Å². The molecule has 0 amide bonds. The van der Waals surface area contributed by atoms with Gasteiger partial charge in [0.25, 0.3) is 0 Å². The number of hydrogen-bond acceptors (Lipinski definition) is 3. The summed E-state index contributed by atoms with van der Waals surface area (Å²) in [5.41, 5.74) is 1.48. The quantitative estimate of drug-likeness (QED) is 0.465. The predicted octanol–water partition coefficient (Wildman–Crippen LogP) is 3.09. The summed E-state index contributed by atoms with van der Waals surface area (Å²) in [6.45, 7) is 0.516. The third kappa shape index (κ3) is 4.32. The summed E-state index contributed by atoms with van der Waals surface area (Å²) in [5, 5.41) is 19.9. The van der Waals surface area contributed by atoms with Gasteiger partial charge in [-0.25, -0.2) is 4.98 Å². The highest BCUT2D eigenvalue weighted by Gasteiger charge is 2.30. The number of aromatic amines is 1. The van der Waals surface area contributed by atoms with Crippen molar-refractivity contribution in [1.29, 1.82) is 5.26 Å². The Hall–Kier alpha value is -3.31. The fourth-order valence-electron chi connectivity index (χ4n) is 2.92. The number of halogens is 3. The Bertz CT molecular complexity index is 1010. The number of imidazole rings is 1. The van der Waals surface area contributed by atoms with E-state index in [9.17, 15) is 23.5 Å². The highest BCUT2D eigenvalue weighted by molar-refractivity contribution is 5.82. The van der Waals surface area contributed by atoms with Crippen LogP contribution in [0.5, 0.6) is 0 Å². The molecule has 0 bridgehead atoms. The van der Waals surface area contributed by atoms with Gasteiger partial charge < -0.3 is 15.0 Å². The number of fused-ring (bicyclic) bond motifs is 1. The van der Waals surface area contributed by atoms with Crippen LogP contribution in [-0.4, -0.2) is 28.7 Å². The van der Waals surface area contributed by atoms with E-state index >= 15 is 0 Å². The number of allylic oxidation sites excluding steroid dienone is 1. The standard InChI is InChI=1S/C20H17F3N4O/c1-27(11-13-6-8-14(9-7-13)20(21,22)23)12-18(28)15(10-24)19-25-16-4-2-3-5-17(16)26-19/h2-9,28H,11-12H2,1H3,(H,25,26)/p+1/b18-15-. The fourth-order valence-corrected chi connectivity index (χ4v) is 2.92. The predicted molar refractivity (Wildman–Crippen MR) is 98.2 cm³/mol. The van der Waals surface area contributed by atoms with E-state index in [1.807, 2.05) is 24.3 Å². The van der Waals surface area contributed by atoms with Crippen molar-refractivity contribution in [1.82, 2.24) is 9.97 Å². The number of aliphatic hydroxyl groups is 1. The highest BCUT2D eigenvalue weighted by Crippen LogP contribution is 2.29. The van der Waals surface area contributed by atoms with E-state index in [4.69, 9.17) is 0 Å². The first kappa shape index (κ1) is 19.5. The minimum atomic E-state index is -4.37. The monoisotopic (exact) mass is 387 g/mol. The zero-order valence-corrected chi connectivity index (χ0v) is 15.0. The van der Waals surface area contributed by atoms with E-state index in [-0.39, 0.29) is 23.7 Å². The number of H-pyrrole nitrogens is 1. The van der Waals surface area contributed by atoms with E-state index in [2.05, 4.69) is 9.97 Å². The van der Waals surface area contributed by atoms with Gasteiger partial charge in [0.1, 0.15) is 24.7 Å². The lowest BCUT2D eigenvalue weighted by atomic mass is 10.1. The third-order valence-corrected chi connectivity index (χ3v) is 4.28. The van der Waals surface area contributed by atoms with Gasteiger partial charge in [0.05, 0.1) is 23.6 Å². The Morgan fingerprint density at radius 3 is 2.46 bits per heavy atom. The Labute approximate surface area is 159 Å². The Balaban J connectivity index is 1.74. The molecule has 0 aliphatic carbocycles. The normalized spacial score (nSPS) is 13.8. The lowest BCUT2D eigenvalue weighted by molar-refractivity contribution is -0.890. The van der Waals surface area contributed by atoms with Gasteiger partial charge in [0.2, 0.25) is 0 Å². The summed E-state index contributed by atoms with van der Waals surface area (Å²) in [6, 6.07) is 14.1. The minimum absolute atomic E-state index is 0.0444. The lowest BCUT2D eigenvalue weighted by Gasteiger charge is -2.15. The van der Waals surface area contributed by atoms with Gasteiger partial charge in [-0.05, 0) is 24.3 Å². The number of hydrogen-bond donors (Lipinski definition) is 3. The summed E-state index contributed by atoms with van der Waals surface area (Å²) in [7, 11) is 1.78. The third-order valence-electron chi connectivity index (χ3n) is 4.28. The van der Waals surface area contributed by atoms with Gasteiger partial charge in [-0.15, -0.1) is 0 Å². The van der Waals surface area contributed by atoms with E-state index in [1.54, 1.807) is 13.1 Å². The van der Waals surface area contributed by atoms with Crippen LogP contribution in [-0.2, 0) is 12.7 Å². The van der Waals surface area contributed by atoms with E-state index in [1.165, 1.54) is 12.1 Å². The van der Waals surface area contributed by atoms with Crippen LogP contribution in [0.2, 0.25) is 0 Å². The number of nitrogens with zero attached hydrogens (tertiary/aromatic N) is 2. The molecule has 1 unspecified atom stereocenters. The molecular weight excluding hydrogens is 369 g/mol. The summed E-state index contributed by atoms with van der Waals surface area (Å²) >= 11 is 0. The first-order valence-corrected chi connectivity index (χ1v) is 8.52. The zero-order valence-electron chi connectivity index (χ0n) is 15.0. The van der Waals surface area contributed by atoms with Gasteiger partial charge in [-0.3, -0.25) is 0 Å². The molecule has 8 heteroatoms. The van der Waals surface area contributed by atoms with E-state index in [0.29, 0.717) is 17.6 Å².